The van der Waals surface area contributed by atoms with Gasteiger partial charge in [0.2, 0.25) is 0 Å². The Hall–Kier alpha value is -2.54. The second kappa shape index (κ2) is 7.78. The van der Waals surface area contributed by atoms with Gasteiger partial charge in [0.05, 0.1) is 12.2 Å². The molecule has 3 aromatic rings. The first kappa shape index (κ1) is 18.3. The first-order chi connectivity index (χ1) is 12.5. The first-order valence-electron chi connectivity index (χ1n) is 8.44. The third-order valence-corrected chi connectivity index (χ3v) is 5.55. The number of imidazole rings is 1. The second-order valence-corrected chi connectivity index (χ2v) is 7.26. The molecule has 26 heavy (non-hydrogen) atoms. The van der Waals surface area contributed by atoms with Crippen LogP contribution in [0.1, 0.15) is 40.1 Å². The average molecular weight is 369 g/mol. The van der Waals surface area contributed by atoms with Gasteiger partial charge >= 0.3 is 0 Å². The minimum Gasteiger partial charge on any atom is -0.345 e. The van der Waals surface area contributed by atoms with E-state index in [9.17, 15) is 4.79 Å². The Morgan fingerprint density at radius 1 is 1.35 bits per heavy atom. The number of carbonyl (C=O) groups is 1. The molecule has 0 radical (unpaired) electrons. The molecule has 1 atom stereocenters. The quantitative estimate of drug-likeness (QED) is 0.678. The Balaban J connectivity index is 1.66. The predicted molar refractivity (Wildman–Crippen MR) is 103 cm³/mol. The number of benzene rings is 1. The third kappa shape index (κ3) is 3.99. The van der Waals surface area contributed by atoms with E-state index in [1.165, 1.54) is 0 Å². The Kier molecular flexibility index (Phi) is 5.46. The van der Waals surface area contributed by atoms with E-state index in [2.05, 4.69) is 15.4 Å². The van der Waals surface area contributed by atoms with Crippen LogP contribution in [0.3, 0.4) is 0 Å². The maximum atomic E-state index is 12.6. The van der Waals surface area contributed by atoms with Crippen molar-refractivity contribution >= 4 is 17.7 Å². The Bertz CT molecular complexity index is 914. The summed E-state index contributed by atoms with van der Waals surface area (Å²) in [6.45, 7) is 3.98. The number of nitrogens with zero attached hydrogens (tertiary/aromatic N) is 4. The van der Waals surface area contributed by atoms with Crippen LogP contribution in [0.2, 0.25) is 0 Å². The van der Waals surface area contributed by atoms with Crippen LogP contribution >= 0.6 is 11.8 Å². The fourth-order valence-corrected chi connectivity index (χ4v) is 3.61. The third-order valence-electron chi connectivity index (χ3n) is 4.42. The number of amides is 1. The molecule has 0 bridgehead atoms. The molecule has 0 aliphatic carbocycles. The minimum absolute atomic E-state index is 0.0791. The highest BCUT2D eigenvalue weighted by molar-refractivity contribution is 7.98. The van der Waals surface area contributed by atoms with Crippen molar-refractivity contribution < 1.29 is 4.79 Å². The van der Waals surface area contributed by atoms with Crippen LogP contribution in [0.15, 0.2) is 48.0 Å². The zero-order valence-electron chi connectivity index (χ0n) is 15.4. The molecule has 0 saturated heterocycles. The number of rotatable bonds is 6. The van der Waals surface area contributed by atoms with E-state index in [1.807, 2.05) is 67.7 Å². The van der Waals surface area contributed by atoms with Gasteiger partial charge in [-0.25, -0.2) is 4.98 Å². The van der Waals surface area contributed by atoms with Crippen LogP contribution in [-0.4, -0.2) is 25.2 Å². The van der Waals surface area contributed by atoms with E-state index >= 15 is 0 Å². The van der Waals surface area contributed by atoms with Gasteiger partial charge in [-0.2, -0.15) is 5.10 Å². The number of carbonyl (C=O) groups excluding carboxylic acids is 1. The van der Waals surface area contributed by atoms with E-state index in [1.54, 1.807) is 24.2 Å². The van der Waals surface area contributed by atoms with Gasteiger partial charge in [-0.1, -0.05) is 23.9 Å². The lowest BCUT2D eigenvalue weighted by Crippen LogP contribution is -2.27. The monoisotopic (exact) mass is 369 g/mol. The summed E-state index contributed by atoms with van der Waals surface area (Å²) in [5.41, 5.74) is 3.84. The van der Waals surface area contributed by atoms with Gasteiger partial charge in [-0.05, 0) is 31.5 Å². The molecule has 0 saturated carbocycles. The Morgan fingerprint density at radius 2 is 2.15 bits per heavy atom. The van der Waals surface area contributed by atoms with Crippen molar-refractivity contribution in [1.29, 1.82) is 0 Å². The molecule has 6 nitrogen and oxygen atoms in total. The predicted octanol–water partition coefficient (Wildman–Crippen LogP) is 3.25. The fraction of sp³-hybridized carbons (Fsp3) is 0.316. The second-order valence-electron chi connectivity index (χ2n) is 6.31. The molecule has 1 N–H and O–H groups in total. The molecule has 0 unspecified atom stereocenters. The fourth-order valence-electron chi connectivity index (χ4n) is 2.74. The van der Waals surface area contributed by atoms with Gasteiger partial charge < -0.3 is 9.88 Å². The van der Waals surface area contributed by atoms with Crippen LogP contribution in [0.5, 0.6) is 0 Å². The summed E-state index contributed by atoms with van der Waals surface area (Å²) in [7, 11) is 3.87. The van der Waals surface area contributed by atoms with E-state index in [0.29, 0.717) is 5.56 Å². The summed E-state index contributed by atoms with van der Waals surface area (Å²) in [5, 5.41) is 8.26. The number of hydrogen-bond acceptors (Lipinski definition) is 4. The van der Waals surface area contributed by atoms with E-state index in [0.717, 1.165) is 27.7 Å². The average Bonchev–Trinajstić information content (AvgIpc) is 3.19. The smallest absolute Gasteiger partial charge is 0.251 e. The normalized spacial score (nSPS) is 12.2. The first-order valence-corrected chi connectivity index (χ1v) is 9.42. The lowest BCUT2D eigenvalue weighted by Gasteiger charge is -2.14. The largest absolute Gasteiger partial charge is 0.345 e. The van der Waals surface area contributed by atoms with Crippen LogP contribution in [0, 0.1) is 6.92 Å². The summed E-state index contributed by atoms with van der Waals surface area (Å²) in [4.78, 5) is 16.9. The molecule has 1 amide bonds. The lowest BCUT2D eigenvalue weighted by atomic mass is 10.1. The van der Waals surface area contributed by atoms with Crippen molar-refractivity contribution in [2.45, 2.75) is 30.8 Å². The summed E-state index contributed by atoms with van der Waals surface area (Å²) >= 11 is 1.65. The molecule has 7 heteroatoms. The highest BCUT2D eigenvalue weighted by Crippen LogP contribution is 2.21. The van der Waals surface area contributed by atoms with Crippen molar-refractivity contribution in [3.05, 3.63) is 65.2 Å². The van der Waals surface area contributed by atoms with Crippen molar-refractivity contribution in [2.24, 2.45) is 14.1 Å². The Labute approximate surface area is 157 Å². The standard InChI is InChI=1S/C19H23N5OS/c1-13(17-11-21-24(4)14(17)2)22-18(25)16-7-5-6-15(10-16)12-26-19-20-8-9-23(19)3/h5-11,13H,12H2,1-4H3,(H,22,25)/t13-/m0/s1. The van der Waals surface area contributed by atoms with Gasteiger partial charge in [0.1, 0.15) is 0 Å². The molecule has 136 valence electrons. The van der Waals surface area contributed by atoms with Crippen LogP contribution in [0.4, 0.5) is 0 Å². The molecule has 0 aliphatic rings. The Morgan fingerprint density at radius 3 is 2.81 bits per heavy atom. The van der Waals surface area contributed by atoms with Crippen LogP contribution in [-0.2, 0) is 19.8 Å². The van der Waals surface area contributed by atoms with Crippen molar-refractivity contribution in [2.75, 3.05) is 0 Å². The number of aryl methyl sites for hydroxylation is 2. The summed E-state index contributed by atoms with van der Waals surface area (Å²) in [5.74, 6) is 0.688. The molecule has 3 rings (SSSR count). The van der Waals surface area contributed by atoms with Crippen molar-refractivity contribution in [3.63, 3.8) is 0 Å². The van der Waals surface area contributed by atoms with Gasteiger partial charge in [-0.3, -0.25) is 9.48 Å². The van der Waals surface area contributed by atoms with Crippen molar-refractivity contribution in [3.8, 4) is 0 Å². The minimum atomic E-state index is -0.0956. The molecular formula is C19H23N5OS. The van der Waals surface area contributed by atoms with Gasteiger partial charge in [0.25, 0.3) is 5.91 Å². The topological polar surface area (TPSA) is 64.7 Å². The summed E-state index contributed by atoms with van der Waals surface area (Å²) < 4.78 is 3.80. The molecule has 2 heterocycles. The maximum absolute atomic E-state index is 12.6. The van der Waals surface area contributed by atoms with Crippen LogP contribution < -0.4 is 5.32 Å². The van der Waals surface area contributed by atoms with E-state index in [4.69, 9.17) is 0 Å². The maximum Gasteiger partial charge on any atom is 0.251 e. The number of aromatic nitrogens is 4. The summed E-state index contributed by atoms with van der Waals surface area (Å²) in [6.07, 6.45) is 5.52. The zero-order chi connectivity index (χ0) is 18.7. The molecule has 0 spiro atoms. The van der Waals surface area contributed by atoms with Crippen molar-refractivity contribution in [1.82, 2.24) is 24.6 Å². The molecule has 1 aromatic carbocycles. The zero-order valence-corrected chi connectivity index (χ0v) is 16.2. The molecule has 2 aromatic heterocycles. The van der Waals surface area contributed by atoms with E-state index in [-0.39, 0.29) is 11.9 Å². The highest BCUT2D eigenvalue weighted by Gasteiger charge is 2.16. The molecule has 0 fully saturated rings. The van der Waals surface area contributed by atoms with Crippen LogP contribution in [0.25, 0.3) is 0 Å². The molecule has 0 aliphatic heterocycles. The van der Waals surface area contributed by atoms with Gasteiger partial charge in [0, 0.05) is 49.1 Å². The van der Waals surface area contributed by atoms with Gasteiger partial charge in [-0.15, -0.1) is 0 Å². The van der Waals surface area contributed by atoms with Gasteiger partial charge in [0.15, 0.2) is 5.16 Å². The number of hydrogen-bond donors (Lipinski definition) is 1. The summed E-state index contributed by atoms with van der Waals surface area (Å²) in [6, 6.07) is 7.63. The number of nitrogens with one attached hydrogen (secondary N) is 1. The SMILES string of the molecule is Cc1c([C@H](C)NC(=O)c2cccc(CSc3nccn3C)c2)cnn1C. The lowest BCUT2D eigenvalue weighted by molar-refractivity contribution is 0.0939. The number of thioether (sulfide) groups is 1. The molecular weight excluding hydrogens is 346 g/mol. The van der Waals surface area contributed by atoms with E-state index < -0.39 is 0 Å². The highest BCUT2D eigenvalue weighted by atomic mass is 32.2.